The standard InChI is InChI=1S/C37H40O2/c1-24-11-15-26(16-12-24)33-23-27-17-13-25(21-32(27)30-8-6-9-31(30)33)14-19-35-29(18-20-36(38)39)22-28-7-4-5-10-34(28)37(35,2)3/h4-5,7,10-17,19,21,30-31,33H,6,8-9,18,20,22-23H2,1-3H3,(H,38,39). The molecule has 0 heterocycles. The minimum atomic E-state index is -0.729. The first kappa shape index (κ1) is 25.9. The first-order valence-electron chi connectivity index (χ1n) is 14.7. The van der Waals surface area contributed by atoms with Gasteiger partial charge in [-0.05, 0) is 95.7 Å². The second-order valence-electron chi connectivity index (χ2n) is 12.6. The number of aliphatic carboxylic acids is 1. The third-order valence-electron chi connectivity index (χ3n) is 9.83. The van der Waals surface area contributed by atoms with Crippen LogP contribution < -0.4 is 0 Å². The first-order valence-corrected chi connectivity index (χ1v) is 14.7. The molecule has 0 spiro atoms. The molecule has 0 bridgehead atoms. The molecule has 1 fully saturated rings. The Bertz CT molecular complexity index is 1450. The molecule has 2 nitrogen and oxygen atoms in total. The summed E-state index contributed by atoms with van der Waals surface area (Å²) >= 11 is 0. The molecule has 3 aliphatic rings. The van der Waals surface area contributed by atoms with E-state index in [4.69, 9.17) is 0 Å². The minimum absolute atomic E-state index is 0.162. The summed E-state index contributed by atoms with van der Waals surface area (Å²) in [6.45, 7) is 6.74. The molecule has 3 atom stereocenters. The van der Waals surface area contributed by atoms with E-state index >= 15 is 0 Å². The Morgan fingerprint density at radius 1 is 0.949 bits per heavy atom. The maximum Gasteiger partial charge on any atom is 0.303 e. The van der Waals surface area contributed by atoms with Crippen LogP contribution in [0.15, 0.2) is 84.0 Å². The fourth-order valence-electron chi connectivity index (χ4n) is 7.85. The summed E-state index contributed by atoms with van der Waals surface area (Å²) in [6, 6.07) is 25.0. The van der Waals surface area contributed by atoms with Crippen LogP contribution in [-0.4, -0.2) is 11.1 Å². The molecule has 3 aliphatic carbocycles. The molecule has 0 saturated heterocycles. The molecule has 0 amide bonds. The van der Waals surface area contributed by atoms with E-state index in [2.05, 4.69) is 99.7 Å². The van der Waals surface area contributed by atoms with Crippen molar-refractivity contribution in [2.45, 2.75) is 83.0 Å². The summed E-state index contributed by atoms with van der Waals surface area (Å²) in [7, 11) is 0. The summed E-state index contributed by atoms with van der Waals surface area (Å²) in [5.74, 6) is 1.28. The third kappa shape index (κ3) is 4.91. The molecule has 0 aromatic heterocycles. The maximum absolute atomic E-state index is 11.5. The molecule has 3 aromatic rings. The predicted molar refractivity (Wildman–Crippen MR) is 160 cm³/mol. The highest BCUT2D eigenvalue weighted by Gasteiger charge is 2.40. The number of allylic oxidation sites excluding steroid dienone is 3. The van der Waals surface area contributed by atoms with Crippen LogP contribution in [0.5, 0.6) is 0 Å². The van der Waals surface area contributed by atoms with Crippen molar-refractivity contribution >= 4 is 12.0 Å². The third-order valence-corrected chi connectivity index (χ3v) is 9.83. The van der Waals surface area contributed by atoms with E-state index in [1.807, 2.05) is 0 Å². The molecule has 1 N–H and O–H groups in total. The normalized spacial score (nSPS) is 23.4. The fourth-order valence-corrected chi connectivity index (χ4v) is 7.85. The van der Waals surface area contributed by atoms with E-state index in [9.17, 15) is 9.90 Å². The van der Waals surface area contributed by atoms with Crippen molar-refractivity contribution in [1.82, 2.24) is 0 Å². The highest BCUT2D eigenvalue weighted by atomic mass is 16.4. The molecule has 200 valence electrons. The summed E-state index contributed by atoms with van der Waals surface area (Å²) in [5.41, 5.74) is 12.2. The number of hydrogen-bond donors (Lipinski definition) is 1. The van der Waals surface area contributed by atoms with E-state index in [0.29, 0.717) is 18.3 Å². The molecular formula is C37H40O2. The van der Waals surface area contributed by atoms with Crippen LogP contribution in [0.1, 0.15) is 96.7 Å². The summed E-state index contributed by atoms with van der Waals surface area (Å²) < 4.78 is 0. The lowest BCUT2D eigenvalue weighted by Crippen LogP contribution is -2.27. The van der Waals surface area contributed by atoms with Crippen LogP contribution in [0.25, 0.3) is 6.08 Å². The van der Waals surface area contributed by atoms with Crippen molar-refractivity contribution in [3.8, 4) is 0 Å². The van der Waals surface area contributed by atoms with E-state index in [0.717, 1.165) is 18.8 Å². The zero-order chi connectivity index (χ0) is 27.1. The Labute approximate surface area is 233 Å². The number of aryl methyl sites for hydroxylation is 1. The van der Waals surface area contributed by atoms with Gasteiger partial charge in [0.1, 0.15) is 0 Å². The first-order chi connectivity index (χ1) is 18.8. The lowest BCUT2D eigenvalue weighted by Gasteiger charge is -2.37. The van der Waals surface area contributed by atoms with Crippen LogP contribution in [-0.2, 0) is 23.1 Å². The molecule has 1 saturated carbocycles. The largest absolute Gasteiger partial charge is 0.481 e. The van der Waals surface area contributed by atoms with Gasteiger partial charge < -0.3 is 5.11 Å². The number of carbonyl (C=O) groups is 1. The molecular weight excluding hydrogens is 476 g/mol. The van der Waals surface area contributed by atoms with Crippen molar-refractivity contribution in [3.63, 3.8) is 0 Å². The van der Waals surface area contributed by atoms with Crippen molar-refractivity contribution in [2.24, 2.45) is 5.92 Å². The predicted octanol–water partition coefficient (Wildman–Crippen LogP) is 8.93. The van der Waals surface area contributed by atoms with Crippen LogP contribution in [0.2, 0.25) is 0 Å². The van der Waals surface area contributed by atoms with Crippen molar-refractivity contribution in [2.75, 3.05) is 0 Å². The van der Waals surface area contributed by atoms with E-state index in [-0.39, 0.29) is 11.8 Å². The molecule has 3 unspecified atom stereocenters. The lowest BCUT2D eigenvalue weighted by molar-refractivity contribution is -0.136. The van der Waals surface area contributed by atoms with E-state index < -0.39 is 5.97 Å². The Morgan fingerprint density at radius 2 is 1.74 bits per heavy atom. The van der Waals surface area contributed by atoms with Crippen LogP contribution in [0.4, 0.5) is 0 Å². The Morgan fingerprint density at radius 3 is 2.54 bits per heavy atom. The van der Waals surface area contributed by atoms with Crippen LogP contribution in [0.3, 0.4) is 0 Å². The van der Waals surface area contributed by atoms with Gasteiger partial charge in [0, 0.05) is 11.8 Å². The lowest BCUT2D eigenvalue weighted by atomic mass is 9.67. The monoisotopic (exact) mass is 516 g/mol. The van der Waals surface area contributed by atoms with Crippen molar-refractivity contribution in [1.29, 1.82) is 0 Å². The van der Waals surface area contributed by atoms with Gasteiger partial charge >= 0.3 is 5.97 Å². The smallest absolute Gasteiger partial charge is 0.303 e. The highest BCUT2D eigenvalue weighted by molar-refractivity contribution is 5.68. The zero-order valence-electron chi connectivity index (χ0n) is 23.5. The number of carboxylic acids is 1. The van der Waals surface area contributed by atoms with E-state index in [1.165, 1.54) is 63.8 Å². The molecule has 0 radical (unpaired) electrons. The quantitative estimate of drug-likeness (QED) is 0.355. The molecule has 6 rings (SSSR count). The van der Waals surface area contributed by atoms with Gasteiger partial charge in [0.05, 0.1) is 0 Å². The van der Waals surface area contributed by atoms with E-state index in [1.54, 1.807) is 5.56 Å². The van der Waals surface area contributed by atoms with Crippen molar-refractivity contribution < 1.29 is 9.90 Å². The number of rotatable bonds is 6. The number of hydrogen-bond acceptors (Lipinski definition) is 1. The summed E-state index contributed by atoms with van der Waals surface area (Å²) in [6.07, 6.45) is 11.3. The van der Waals surface area contributed by atoms with Gasteiger partial charge in [-0.2, -0.15) is 0 Å². The van der Waals surface area contributed by atoms with Gasteiger partial charge in [-0.25, -0.2) is 0 Å². The van der Waals surface area contributed by atoms with Gasteiger partial charge in [-0.15, -0.1) is 0 Å². The zero-order valence-corrected chi connectivity index (χ0v) is 23.5. The number of fused-ring (bicyclic) bond motifs is 4. The summed E-state index contributed by atoms with van der Waals surface area (Å²) in [5, 5.41) is 9.41. The average molecular weight is 517 g/mol. The molecule has 0 aliphatic heterocycles. The molecule has 2 heteroatoms. The number of benzene rings is 3. The topological polar surface area (TPSA) is 37.3 Å². The Balaban J connectivity index is 1.33. The van der Waals surface area contributed by atoms with Gasteiger partial charge in [-0.1, -0.05) is 110 Å². The van der Waals surface area contributed by atoms with Crippen molar-refractivity contribution in [3.05, 3.63) is 123 Å². The van der Waals surface area contributed by atoms with Gasteiger partial charge in [-0.3, -0.25) is 4.79 Å². The SMILES string of the molecule is Cc1ccc(C2Cc3ccc(C=CC4=C(CCC(=O)O)Cc5ccccc5C4(C)C)cc3C3CCCC23)cc1. The molecule has 39 heavy (non-hydrogen) atoms. The minimum Gasteiger partial charge on any atom is -0.481 e. The van der Waals surface area contributed by atoms with Crippen LogP contribution >= 0.6 is 0 Å². The maximum atomic E-state index is 11.5. The Hall–Kier alpha value is -3.39. The van der Waals surface area contributed by atoms with Gasteiger partial charge in [0.2, 0.25) is 0 Å². The average Bonchev–Trinajstić information content (AvgIpc) is 3.42. The highest BCUT2D eigenvalue weighted by Crippen LogP contribution is 2.53. The Kier molecular flexibility index (Phi) is 6.83. The molecule has 3 aromatic carbocycles. The fraction of sp³-hybridized carbons (Fsp3) is 0.378. The second-order valence-corrected chi connectivity index (χ2v) is 12.6. The van der Waals surface area contributed by atoms with Gasteiger partial charge in [0.25, 0.3) is 0 Å². The van der Waals surface area contributed by atoms with Crippen LogP contribution in [0, 0.1) is 12.8 Å². The summed E-state index contributed by atoms with van der Waals surface area (Å²) in [4.78, 5) is 11.5. The van der Waals surface area contributed by atoms with Gasteiger partial charge in [0.15, 0.2) is 0 Å². The number of carboxylic acid groups (broad SMARTS) is 1. The second kappa shape index (κ2) is 10.3.